The van der Waals surface area contributed by atoms with Gasteiger partial charge in [-0.15, -0.1) is 0 Å². The van der Waals surface area contributed by atoms with Crippen LogP contribution >= 0.6 is 0 Å². The Labute approximate surface area is 214 Å². The summed E-state index contributed by atoms with van der Waals surface area (Å²) in [5.41, 5.74) is 2.16. The fourth-order valence-electron chi connectivity index (χ4n) is 4.20. The van der Waals surface area contributed by atoms with E-state index in [0.717, 1.165) is 30.9 Å². The van der Waals surface area contributed by atoms with Gasteiger partial charge in [0.15, 0.2) is 12.4 Å². The van der Waals surface area contributed by atoms with Crippen molar-refractivity contribution in [2.24, 2.45) is 0 Å². The van der Waals surface area contributed by atoms with Gasteiger partial charge in [-0.1, -0.05) is 0 Å². The van der Waals surface area contributed by atoms with Gasteiger partial charge in [-0.3, -0.25) is 4.79 Å². The van der Waals surface area contributed by atoms with E-state index in [1.54, 1.807) is 11.0 Å². The van der Waals surface area contributed by atoms with Crippen molar-refractivity contribution in [1.29, 1.82) is 0 Å². The molecule has 0 saturated carbocycles. The largest absolute Gasteiger partial charge is 0.496 e. The molecule has 9 nitrogen and oxygen atoms in total. The van der Waals surface area contributed by atoms with E-state index in [9.17, 15) is 13.6 Å². The molecule has 0 radical (unpaired) electrons. The summed E-state index contributed by atoms with van der Waals surface area (Å²) in [5.74, 6) is -0.380. The first-order valence-electron chi connectivity index (χ1n) is 11.9. The zero-order valence-corrected chi connectivity index (χ0v) is 21.3. The first-order chi connectivity index (χ1) is 17.8. The highest BCUT2D eigenvalue weighted by molar-refractivity contribution is 5.99. The van der Waals surface area contributed by atoms with E-state index in [0.29, 0.717) is 30.2 Å². The summed E-state index contributed by atoms with van der Waals surface area (Å²) in [6.45, 7) is 4.53. The molecule has 11 heteroatoms. The van der Waals surface area contributed by atoms with Gasteiger partial charge < -0.3 is 29.9 Å². The maximum atomic E-state index is 14.7. The summed E-state index contributed by atoms with van der Waals surface area (Å²) in [6.07, 6.45) is 1.02. The molecule has 2 N–H and O–H groups in total. The molecule has 0 bridgehead atoms. The van der Waals surface area contributed by atoms with Gasteiger partial charge >= 0.3 is 0 Å². The Hall–Kier alpha value is -3.83. The van der Waals surface area contributed by atoms with Gasteiger partial charge in [0.2, 0.25) is 5.95 Å². The molecule has 1 aromatic heterocycles. The van der Waals surface area contributed by atoms with Crippen molar-refractivity contribution < 1.29 is 23.0 Å². The average Bonchev–Trinajstić information content (AvgIpc) is 2.88. The molecule has 2 aromatic carbocycles. The quantitative estimate of drug-likeness (QED) is 0.426. The van der Waals surface area contributed by atoms with Gasteiger partial charge in [0, 0.05) is 43.0 Å². The highest BCUT2D eigenvalue weighted by Gasteiger charge is 2.28. The number of halogens is 2. The third-order valence-corrected chi connectivity index (χ3v) is 5.99. The standard InChI is InChI=1S/C26H30F2N6O3/c1-5-34-21-12-18(10-16(14-33(3)9-8-29-2)25(21)37-15-23(34)35)31-26-30-13-20(28)24(32-26)19-11-17(27)6-7-22(19)36-4/h6-7,10-13,29H,5,8-9,14-15H2,1-4H3,(H,30,31,32). The smallest absolute Gasteiger partial charge is 0.265 e. The van der Waals surface area contributed by atoms with E-state index >= 15 is 0 Å². The Balaban J connectivity index is 1.73. The second-order valence-corrected chi connectivity index (χ2v) is 8.61. The molecule has 0 fully saturated rings. The molecule has 0 atom stereocenters. The molecule has 2 heterocycles. The first kappa shape index (κ1) is 26.2. The monoisotopic (exact) mass is 512 g/mol. The number of methoxy groups -OCH3 is 1. The number of likely N-dealkylation sites (N-methyl/N-ethyl adjacent to an activating group) is 3. The number of benzene rings is 2. The number of nitrogens with zero attached hydrogens (tertiary/aromatic N) is 4. The highest BCUT2D eigenvalue weighted by Crippen LogP contribution is 2.39. The molecule has 3 aromatic rings. The molecule has 4 rings (SSSR count). The van der Waals surface area contributed by atoms with Gasteiger partial charge in [0.1, 0.15) is 23.0 Å². The van der Waals surface area contributed by atoms with Crippen LogP contribution in [0.4, 0.5) is 26.1 Å². The zero-order valence-electron chi connectivity index (χ0n) is 21.3. The second kappa shape index (κ2) is 11.5. The van der Waals surface area contributed by atoms with Crippen LogP contribution in [0.25, 0.3) is 11.3 Å². The lowest BCUT2D eigenvalue weighted by Gasteiger charge is -2.31. The fraction of sp³-hybridized carbons (Fsp3) is 0.346. The lowest BCUT2D eigenvalue weighted by atomic mass is 10.1. The fourth-order valence-corrected chi connectivity index (χ4v) is 4.20. The van der Waals surface area contributed by atoms with E-state index in [1.807, 2.05) is 27.1 Å². The summed E-state index contributed by atoms with van der Waals surface area (Å²) in [4.78, 5) is 24.7. The molecular weight excluding hydrogens is 482 g/mol. The van der Waals surface area contributed by atoms with Gasteiger partial charge in [-0.2, -0.15) is 0 Å². The van der Waals surface area contributed by atoms with Crippen molar-refractivity contribution in [1.82, 2.24) is 20.2 Å². The lowest BCUT2D eigenvalue weighted by molar-refractivity contribution is -0.121. The third-order valence-electron chi connectivity index (χ3n) is 5.99. The Kier molecular flexibility index (Phi) is 8.14. The highest BCUT2D eigenvalue weighted by atomic mass is 19.1. The summed E-state index contributed by atoms with van der Waals surface area (Å²) >= 11 is 0. The summed E-state index contributed by atoms with van der Waals surface area (Å²) in [5, 5.41) is 6.24. The van der Waals surface area contributed by atoms with Crippen molar-refractivity contribution in [3.05, 3.63) is 53.7 Å². The minimum atomic E-state index is -0.720. The molecule has 0 aliphatic carbocycles. The van der Waals surface area contributed by atoms with Crippen molar-refractivity contribution in [2.45, 2.75) is 13.5 Å². The van der Waals surface area contributed by atoms with E-state index in [2.05, 4.69) is 25.5 Å². The summed E-state index contributed by atoms with van der Waals surface area (Å²) in [6, 6.07) is 7.48. The van der Waals surface area contributed by atoms with Crippen molar-refractivity contribution in [3.8, 4) is 22.8 Å². The number of anilines is 3. The van der Waals surface area contributed by atoms with Gasteiger partial charge in [-0.25, -0.2) is 18.7 Å². The number of ether oxygens (including phenoxy) is 2. The molecule has 37 heavy (non-hydrogen) atoms. The van der Waals surface area contributed by atoms with Crippen LogP contribution in [0.3, 0.4) is 0 Å². The van der Waals surface area contributed by atoms with Crippen LogP contribution < -0.4 is 25.0 Å². The normalized spacial score (nSPS) is 12.9. The SMILES string of the molecule is CCN1C(=O)COc2c(CN(C)CCNC)cc(Nc3ncc(F)c(-c4cc(F)ccc4OC)n3)cc21. The third kappa shape index (κ3) is 5.78. The Morgan fingerprint density at radius 2 is 2.05 bits per heavy atom. The van der Waals surface area contributed by atoms with Crippen LogP contribution in [0.5, 0.6) is 11.5 Å². The van der Waals surface area contributed by atoms with E-state index in [-0.39, 0.29) is 35.5 Å². The Morgan fingerprint density at radius 3 is 2.78 bits per heavy atom. The molecule has 1 amide bonds. The topological polar surface area (TPSA) is 91.9 Å². The van der Waals surface area contributed by atoms with E-state index in [1.165, 1.54) is 19.2 Å². The minimum absolute atomic E-state index is 0.0270. The molecule has 0 unspecified atom stereocenters. The zero-order chi connectivity index (χ0) is 26.5. The van der Waals surface area contributed by atoms with Crippen LogP contribution in [0.15, 0.2) is 36.5 Å². The van der Waals surface area contributed by atoms with Gasteiger partial charge in [-0.05, 0) is 51.4 Å². The molecule has 196 valence electrons. The Bertz CT molecular complexity index is 1290. The van der Waals surface area contributed by atoms with Crippen LogP contribution in [0.1, 0.15) is 12.5 Å². The number of rotatable bonds is 10. The predicted molar refractivity (Wildman–Crippen MR) is 137 cm³/mol. The van der Waals surface area contributed by atoms with E-state index in [4.69, 9.17) is 9.47 Å². The van der Waals surface area contributed by atoms with Crippen LogP contribution in [0, 0.1) is 11.6 Å². The summed E-state index contributed by atoms with van der Waals surface area (Å²) in [7, 11) is 5.31. The lowest BCUT2D eigenvalue weighted by Crippen LogP contribution is -2.39. The molecule has 0 spiro atoms. The maximum Gasteiger partial charge on any atom is 0.265 e. The van der Waals surface area contributed by atoms with E-state index < -0.39 is 11.6 Å². The predicted octanol–water partition coefficient (Wildman–Crippen LogP) is 3.57. The van der Waals surface area contributed by atoms with Crippen molar-refractivity contribution in [2.75, 3.05) is 57.7 Å². The van der Waals surface area contributed by atoms with Crippen LogP contribution in [0.2, 0.25) is 0 Å². The molecule has 1 aliphatic rings. The van der Waals surface area contributed by atoms with Crippen molar-refractivity contribution >= 4 is 23.2 Å². The molecule has 1 aliphatic heterocycles. The Morgan fingerprint density at radius 1 is 1.24 bits per heavy atom. The van der Waals surface area contributed by atoms with Crippen molar-refractivity contribution in [3.63, 3.8) is 0 Å². The minimum Gasteiger partial charge on any atom is -0.496 e. The number of hydrogen-bond acceptors (Lipinski definition) is 8. The summed E-state index contributed by atoms with van der Waals surface area (Å²) < 4.78 is 39.8. The number of carbonyl (C=O) groups excluding carboxylic acids is 1. The number of amides is 1. The second-order valence-electron chi connectivity index (χ2n) is 8.61. The molecular formula is C26H30F2N6O3. The number of aromatic nitrogens is 2. The average molecular weight is 513 g/mol. The van der Waals surface area contributed by atoms with Crippen LogP contribution in [-0.2, 0) is 11.3 Å². The molecule has 0 saturated heterocycles. The maximum absolute atomic E-state index is 14.7. The number of nitrogens with one attached hydrogen (secondary N) is 2. The van der Waals surface area contributed by atoms with Gasteiger partial charge in [0.25, 0.3) is 5.91 Å². The number of carbonyl (C=O) groups is 1. The van der Waals surface area contributed by atoms with Crippen LogP contribution in [-0.4, -0.2) is 68.2 Å². The van der Waals surface area contributed by atoms with Gasteiger partial charge in [0.05, 0.1) is 19.0 Å². The number of fused-ring (bicyclic) bond motifs is 1. The first-order valence-corrected chi connectivity index (χ1v) is 11.9. The number of hydrogen-bond donors (Lipinski definition) is 2.